The van der Waals surface area contributed by atoms with E-state index in [0.29, 0.717) is 6.42 Å². The third kappa shape index (κ3) is 6.57. The maximum absolute atomic E-state index is 12.3. The number of hydrogen-bond acceptors (Lipinski definition) is 4. The fourth-order valence-corrected chi connectivity index (χ4v) is 6.18. The Labute approximate surface area is 148 Å². The minimum atomic E-state index is 0.0995. The Hall–Kier alpha value is -0.360. The molecule has 0 aromatic rings. The molecule has 0 aromatic carbocycles. The Kier molecular flexibility index (Phi) is 8.66. The molecule has 0 saturated carbocycles. The lowest BCUT2D eigenvalue weighted by Gasteiger charge is -2.31. The summed E-state index contributed by atoms with van der Waals surface area (Å²) in [6, 6.07) is 0. The summed E-state index contributed by atoms with van der Waals surface area (Å²) in [7, 11) is 4.01. The van der Waals surface area contributed by atoms with Gasteiger partial charge < -0.3 is 10.2 Å². The molecule has 23 heavy (non-hydrogen) atoms. The van der Waals surface area contributed by atoms with Crippen LogP contribution in [0.3, 0.4) is 0 Å². The van der Waals surface area contributed by atoms with E-state index in [-0.39, 0.29) is 17.7 Å². The summed E-state index contributed by atoms with van der Waals surface area (Å²) in [5.74, 6) is 1.84. The van der Waals surface area contributed by atoms with E-state index in [1.54, 1.807) is 0 Å². The lowest BCUT2D eigenvalue weighted by Crippen LogP contribution is -2.43. The van der Waals surface area contributed by atoms with Crippen molar-refractivity contribution < 1.29 is 9.59 Å². The van der Waals surface area contributed by atoms with E-state index >= 15 is 0 Å². The highest BCUT2D eigenvalue weighted by atomic mass is 33.1. The first kappa shape index (κ1) is 19.0. The third-order valence-electron chi connectivity index (χ3n) is 4.66. The summed E-state index contributed by atoms with van der Waals surface area (Å²) in [6.45, 7) is 4.32. The summed E-state index contributed by atoms with van der Waals surface area (Å²) >= 11 is 0. The van der Waals surface area contributed by atoms with Crippen LogP contribution in [-0.2, 0) is 9.59 Å². The minimum Gasteiger partial charge on any atom is -0.356 e. The molecule has 0 radical (unpaired) electrons. The van der Waals surface area contributed by atoms with E-state index in [9.17, 15) is 9.59 Å². The molecule has 2 rings (SSSR count). The summed E-state index contributed by atoms with van der Waals surface area (Å²) in [4.78, 5) is 26.2. The van der Waals surface area contributed by atoms with Gasteiger partial charge in [-0.25, -0.2) is 0 Å². The number of likely N-dealkylation sites (tertiary alicyclic amines) is 1. The van der Waals surface area contributed by atoms with Crippen LogP contribution in [0.2, 0.25) is 0 Å². The van der Waals surface area contributed by atoms with Crippen molar-refractivity contribution in [3.8, 4) is 0 Å². The van der Waals surface area contributed by atoms with Crippen LogP contribution in [0, 0.1) is 5.92 Å². The molecular formula is C17H30N2O2S2. The SMILES string of the molecule is CCCNC(=O)C1CCN(C(=O)CCCCC2CCSS2)CC1. The quantitative estimate of drug-likeness (QED) is 0.533. The number of unbranched alkanes of at least 4 members (excludes halogenated alkanes) is 1. The predicted octanol–water partition coefficient (Wildman–Crippen LogP) is 3.47. The largest absolute Gasteiger partial charge is 0.356 e. The standard InChI is InChI=1S/C17H30N2O2S2/c1-2-10-18-17(21)14-7-11-19(12-8-14)16(20)6-4-3-5-15-9-13-22-23-15/h14-15H,2-13H2,1H3,(H,18,21). The van der Waals surface area contributed by atoms with Gasteiger partial charge in [-0.15, -0.1) is 0 Å². The van der Waals surface area contributed by atoms with Crippen LogP contribution < -0.4 is 5.32 Å². The van der Waals surface area contributed by atoms with Crippen LogP contribution in [0.5, 0.6) is 0 Å². The van der Waals surface area contributed by atoms with Crippen molar-refractivity contribution in [1.82, 2.24) is 10.2 Å². The van der Waals surface area contributed by atoms with Gasteiger partial charge in [0.05, 0.1) is 0 Å². The topological polar surface area (TPSA) is 49.4 Å². The zero-order chi connectivity index (χ0) is 16.5. The van der Waals surface area contributed by atoms with Crippen molar-refractivity contribution in [2.75, 3.05) is 25.4 Å². The molecule has 2 heterocycles. The molecule has 2 saturated heterocycles. The van der Waals surface area contributed by atoms with Crippen molar-refractivity contribution in [1.29, 1.82) is 0 Å². The zero-order valence-corrected chi connectivity index (χ0v) is 15.9. The van der Waals surface area contributed by atoms with Crippen LogP contribution in [0.25, 0.3) is 0 Å². The van der Waals surface area contributed by atoms with E-state index < -0.39 is 0 Å². The molecule has 1 atom stereocenters. The van der Waals surface area contributed by atoms with Crippen LogP contribution in [0.15, 0.2) is 0 Å². The lowest BCUT2D eigenvalue weighted by atomic mass is 9.95. The maximum atomic E-state index is 12.3. The molecule has 132 valence electrons. The average Bonchev–Trinajstić information content (AvgIpc) is 3.10. The summed E-state index contributed by atoms with van der Waals surface area (Å²) in [5, 5.41) is 3.78. The molecule has 4 nitrogen and oxygen atoms in total. The number of rotatable bonds is 8. The Bertz CT molecular complexity index is 379. The number of nitrogens with zero attached hydrogens (tertiary/aromatic N) is 1. The van der Waals surface area contributed by atoms with Crippen LogP contribution in [0.1, 0.15) is 58.3 Å². The summed E-state index contributed by atoms with van der Waals surface area (Å²) in [5.41, 5.74) is 0. The van der Waals surface area contributed by atoms with Gasteiger partial charge in [0.1, 0.15) is 0 Å². The maximum Gasteiger partial charge on any atom is 0.223 e. The van der Waals surface area contributed by atoms with E-state index in [0.717, 1.165) is 50.6 Å². The Morgan fingerprint density at radius 3 is 2.61 bits per heavy atom. The smallest absolute Gasteiger partial charge is 0.223 e. The first-order chi connectivity index (χ1) is 11.2. The van der Waals surface area contributed by atoms with Crippen molar-refractivity contribution >= 4 is 33.4 Å². The van der Waals surface area contributed by atoms with Crippen LogP contribution in [-0.4, -0.2) is 47.4 Å². The van der Waals surface area contributed by atoms with Gasteiger partial charge >= 0.3 is 0 Å². The molecule has 1 N–H and O–H groups in total. The third-order valence-corrected chi connectivity index (χ3v) is 7.67. The minimum absolute atomic E-state index is 0.0995. The number of carbonyl (C=O) groups is 2. The summed E-state index contributed by atoms with van der Waals surface area (Å²) in [6.07, 6.45) is 8.05. The van der Waals surface area contributed by atoms with Gasteiger partial charge in [0.2, 0.25) is 11.8 Å². The molecule has 2 amide bonds. The van der Waals surface area contributed by atoms with E-state index in [1.807, 2.05) is 26.5 Å². The number of piperidine rings is 1. The van der Waals surface area contributed by atoms with Crippen molar-refractivity contribution in [3.63, 3.8) is 0 Å². The Morgan fingerprint density at radius 2 is 1.96 bits per heavy atom. The van der Waals surface area contributed by atoms with Crippen LogP contribution >= 0.6 is 21.6 Å². The molecule has 2 aliphatic rings. The van der Waals surface area contributed by atoms with Gasteiger partial charge in [-0.05, 0) is 38.5 Å². The normalized spacial score (nSPS) is 22.3. The second-order valence-electron chi connectivity index (χ2n) is 6.52. The molecule has 2 fully saturated rings. The Morgan fingerprint density at radius 1 is 1.17 bits per heavy atom. The molecule has 2 aliphatic heterocycles. The van der Waals surface area contributed by atoms with Gasteiger partial charge in [0.15, 0.2) is 0 Å². The number of hydrogen-bond donors (Lipinski definition) is 1. The van der Waals surface area contributed by atoms with E-state index in [1.165, 1.54) is 25.0 Å². The van der Waals surface area contributed by atoms with Crippen LogP contribution in [0.4, 0.5) is 0 Å². The highest BCUT2D eigenvalue weighted by molar-refractivity contribution is 8.77. The van der Waals surface area contributed by atoms with Gasteiger partial charge in [-0.1, -0.05) is 34.9 Å². The van der Waals surface area contributed by atoms with Crippen molar-refractivity contribution in [2.45, 2.75) is 63.5 Å². The van der Waals surface area contributed by atoms with Gasteiger partial charge in [-0.2, -0.15) is 0 Å². The first-order valence-electron chi connectivity index (χ1n) is 9.04. The van der Waals surface area contributed by atoms with Gasteiger partial charge in [-0.3, -0.25) is 9.59 Å². The predicted molar refractivity (Wildman–Crippen MR) is 99.5 cm³/mol. The Balaban J connectivity index is 1.56. The van der Waals surface area contributed by atoms with Crippen molar-refractivity contribution in [3.05, 3.63) is 0 Å². The second kappa shape index (κ2) is 10.5. The zero-order valence-electron chi connectivity index (χ0n) is 14.2. The highest BCUT2D eigenvalue weighted by Crippen LogP contribution is 2.39. The fourth-order valence-electron chi connectivity index (χ4n) is 3.15. The monoisotopic (exact) mass is 358 g/mol. The number of nitrogens with one attached hydrogen (secondary N) is 1. The van der Waals surface area contributed by atoms with Crippen molar-refractivity contribution in [2.24, 2.45) is 5.92 Å². The number of amides is 2. The van der Waals surface area contributed by atoms with Gasteiger partial charge in [0, 0.05) is 43.0 Å². The highest BCUT2D eigenvalue weighted by Gasteiger charge is 2.26. The molecule has 0 bridgehead atoms. The molecular weight excluding hydrogens is 328 g/mol. The van der Waals surface area contributed by atoms with E-state index in [2.05, 4.69) is 12.2 Å². The molecule has 1 unspecified atom stereocenters. The number of carbonyl (C=O) groups excluding carboxylic acids is 2. The molecule has 6 heteroatoms. The van der Waals surface area contributed by atoms with Gasteiger partial charge in [0.25, 0.3) is 0 Å². The second-order valence-corrected chi connectivity index (χ2v) is 9.31. The first-order valence-corrected chi connectivity index (χ1v) is 11.4. The van der Waals surface area contributed by atoms with E-state index in [4.69, 9.17) is 0 Å². The molecule has 0 spiro atoms. The fraction of sp³-hybridized carbons (Fsp3) is 0.882. The lowest BCUT2D eigenvalue weighted by molar-refractivity contribution is -0.135. The molecule has 0 aromatic heterocycles. The summed E-state index contributed by atoms with van der Waals surface area (Å²) < 4.78 is 0. The average molecular weight is 359 g/mol. The molecule has 0 aliphatic carbocycles.